The molecule has 9 heteroatoms. The maximum absolute atomic E-state index is 14.6. The van der Waals surface area contributed by atoms with Crippen LogP contribution < -0.4 is 4.72 Å². The van der Waals surface area contributed by atoms with Crippen molar-refractivity contribution >= 4 is 44.7 Å². The second kappa shape index (κ2) is 7.92. The van der Waals surface area contributed by atoms with Crippen LogP contribution in [0, 0.1) is 5.82 Å². The Morgan fingerprint density at radius 3 is 2.89 bits per heavy atom. The topological polar surface area (TPSA) is 93.7 Å². The van der Waals surface area contributed by atoms with Crippen LogP contribution in [0.1, 0.15) is 12.0 Å². The van der Waals surface area contributed by atoms with Crippen molar-refractivity contribution < 1.29 is 13.2 Å². The van der Waals surface area contributed by atoms with Crippen molar-refractivity contribution in [3.8, 4) is 11.1 Å². The van der Waals surface area contributed by atoms with Gasteiger partial charge in [0.05, 0.1) is 11.2 Å². The van der Waals surface area contributed by atoms with Crippen molar-refractivity contribution in [3.63, 3.8) is 0 Å². The molecule has 4 rings (SSSR count). The predicted octanol–water partition coefficient (Wildman–Crippen LogP) is 3.89. The van der Waals surface area contributed by atoms with Gasteiger partial charge in [0, 0.05) is 40.3 Å². The zero-order valence-electron chi connectivity index (χ0n) is 14.5. The van der Waals surface area contributed by atoms with Gasteiger partial charge in [-0.05, 0) is 41.5 Å². The second-order valence-corrected chi connectivity index (χ2v) is 7.46. The summed E-state index contributed by atoms with van der Waals surface area (Å²) in [6, 6.07) is 8.60. The van der Waals surface area contributed by atoms with Crippen LogP contribution in [-0.4, -0.2) is 30.5 Å². The zero-order valence-corrected chi connectivity index (χ0v) is 16.1. The van der Waals surface area contributed by atoms with E-state index in [9.17, 15) is 13.2 Å². The maximum atomic E-state index is 14.6. The number of aromatic nitrogens is 3. The lowest BCUT2D eigenvalue weighted by Gasteiger charge is -2.13. The Balaban J connectivity index is 1.70. The minimum Gasteiger partial charge on any atom is -0.760 e. The van der Waals surface area contributed by atoms with Gasteiger partial charge in [-0.15, -0.1) is 0 Å². The Labute approximate surface area is 167 Å². The average Bonchev–Trinajstić information content (AvgIpc) is 3.15. The molecule has 2 aromatic heterocycles. The minimum atomic E-state index is -2.29. The molecule has 4 aromatic rings. The molecule has 2 aromatic carbocycles. The van der Waals surface area contributed by atoms with Gasteiger partial charge in [-0.2, -0.15) is 5.10 Å². The smallest absolute Gasteiger partial charge is 0.155 e. The molecule has 1 unspecified atom stereocenters. The number of nitrogens with zero attached hydrogens (tertiary/aromatic N) is 2. The summed E-state index contributed by atoms with van der Waals surface area (Å²) >= 11 is 4.21. The van der Waals surface area contributed by atoms with Gasteiger partial charge >= 0.3 is 0 Å². The van der Waals surface area contributed by atoms with Gasteiger partial charge in [0.2, 0.25) is 0 Å². The first-order chi connectivity index (χ1) is 13.5. The number of nitrogens with one attached hydrogen (secondary N) is 2. The monoisotopic (exact) mass is 417 g/mol. The summed E-state index contributed by atoms with van der Waals surface area (Å²) in [5.41, 5.74) is 2.44. The van der Waals surface area contributed by atoms with Crippen molar-refractivity contribution in [3.05, 3.63) is 59.1 Å². The van der Waals surface area contributed by atoms with Crippen molar-refractivity contribution in [2.45, 2.75) is 12.8 Å². The number of benzene rings is 2. The molecule has 0 saturated carbocycles. The molecule has 0 amide bonds. The normalized spacial score (nSPS) is 12.7. The third-order valence-corrected chi connectivity index (χ3v) is 5.47. The van der Waals surface area contributed by atoms with E-state index in [1.807, 2.05) is 18.2 Å². The standard InChI is InChI=1S/C19H16ClFN4O2S/c20-18-11(2-1-7-24-28(26)27)4-6-16(21)17(18)12-3-5-14-13(8-12)9-22-19-15(14)10-23-25-19/h3-6,8-10,24H,1-2,7H2,(H,26,27)(H,22,23,25)/p-1. The Morgan fingerprint density at radius 2 is 2.07 bits per heavy atom. The van der Waals surface area contributed by atoms with E-state index in [0.717, 1.165) is 21.7 Å². The van der Waals surface area contributed by atoms with Gasteiger partial charge in [0.1, 0.15) is 5.82 Å². The molecule has 2 heterocycles. The van der Waals surface area contributed by atoms with Gasteiger partial charge < -0.3 is 4.55 Å². The summed E-state index contributed by atoms with van der Waals surface area (Å²) < 4.78 is 38.0. The molecule has 0 aliphatic heterocycles. The van der Waals surface area contributed by atoms with Crippen LogP contribution in [0.25, 0.3) is 32.9 Å². The highest BCUT2D eigenvalue weighted by molar-refractivity contribution is 7.77. The largest absolute Gasteiger partial charge is 0.760 e. The summed E-state index contributed by atoms with van der Waals surface area (Å²) in [6.45, 7) is 0.293. The van der Waals surface area contributed by atoms with E-state index in [0.29, 0.717) is 41.2 Å². The molecule has 0 aliphatic rings. The van der Waals surface area contributed by atoms with Crippen LogP contribution in [0.4, 0.5) is 4.39 Å². The predicted molar refractivity (Wildman–Crippen MR) is 107 cm³/mol. The first kappa shape index (κ1) is 18.9. The maximum Gasteiger partial charge on any atom is 0.155 e. The molecule has 1 atom stereocenters. The van der Waals surface area contributed by atoms with Gasteiger partial charge in [0.15, 0.2) is 5.65 Å². The molecule has 0 aliphatic carbocycles. The Hall–Kier alpha value is -2.39. The minimum absolute atomic E-state index is 0.293. The van der Waals surface area contributed by atoms with Crippen molar-refractivity contribution in [2.24, 2.45) is 0 Å². The molecule has 144 valence electrons. The fraction of sp³-hybridized carbons (Fsp3) is 0.158. The van der Waals surface area contributed by atoms with Crippen LogP contribution >= 0.6 is 11.6 Å². The number of hydrogen-bond acceptors (Lipinski definition) is 4. The van der Waals surface area contributed by atoms with Gasteiger partial charge in [-0.3, -0.25) is 9.31 Å². The summed E-state index contributed by atoms with van der Waals surface area (Å²) in [5.74, 6) is -0.413. The first-order valence-corrected chi connectivity index (χ1v) is 10.0. The van der Waals surface area contributed by atoms with Crippen molar-refractivity contribution in [2.75, 3.05) is 6.54 Å². The van der Waals surface area contributed by atoms with Gasteiger partial charge in [-0.1, -0.05) is 29.8 Å². The zero-order chi connectivity index (χ0) is 19.7. The van der Waals surface area contributed by atoms with Crippen LogP contribution in [0.5, 0.6) is 0 Å². The fourth-order valence-corrected chi connectivity index (χ4v) is 3.93. The number of H-pyrrole nitrogens is 1. The Bertz CT molecular complexity index is 1200. The van der Waals surface area contributed by atoms with Crippen LogP contribution in [-0.2, 0) is 17.7 Å². The highest BCUT2D eigenvalue weighted by atomic mass is 35.5. The van der Waals surface area contributed by atoms with Crippen molar-refractivity contribution in [1.82, 2.24) is 19.9 Å². The summed E-state index contributed by atoms with van der Waals surface area (Å²) in [6.07, 6.45) is 4.51. The third kappa shape index (κ3) is 3.64. The van der Waals surface area contributed by atoms with E-state index < -0.39 is 17.1 Å². The Kier molecular flexibility index (Phi) is 5.36. The van der Waals surface area contributed by atoms with Gasteiger partial charge in [-0.25, -0.2) is 14.1 Å². The summed E-state index contributed by atoms with van der Waals surface area (Å²) in [4.78, 5) is 4.33. The Morgan fingerprint density at radius 1 is 1.21 bits per heavy atom. The molecular weight excluding hydrogens is 403 g/mol. The lowest BCUT2D eigenvalue weighted by atomic mass is 9.97. The summed E-state index contributed by atoms with van der Waals surface area (Å²) in [5, 5.41) is 9.88. The molecular formula is C19H15ClFN4O2S-. The average molecular weight is 418 g/mol. The molecule has 28 heavy (non-hydrogen) atoms. The lowest BCUT2D eigenvalue weighted by Crippen LogP contribution is -2.18. The highest BCUT2D eigenvalue weighted by Crippen LogP contribution is 2.36. The van der Waals surface area contributed by atoms with Crippen molar-refractivity contribution in [1.29, 1.82) is 0 Å². The number of rotatable bonds is 6. The molecule has 0 saturated heterocycles. The SMILES string of the molecule is O=S([O-])NCCCc1ccc(F)c(-c2ccc3c(cnc4[nH]ncc43)c2)c1Cl. The number of fused-ring (bicyclic) bond motifs is 3. The number of aryl methyl sites for hydroxylation is 1. The van der Waals surface area contributed by atoms with E-state index in [-0.39, 0.29) is 0 Å². The van der Waals surface area contributed by atoms with Gasteiger partial charge in [0.25, 0.3) is 0 Å². The highest BCUT2D eigenvalue weighted by Gasteiger charge is 2.15. The summed E-state index contributed by atoms with van der Waals surface area (Å²) in [7, 11) is 0. The number of hydrogen-bond donors (Lipinski definition) is 2. The molecule has 0 fully saturated rings. The third-order valence-electron chi connectivity index (χ3n) is 4.60. The molecule has 6 nitrogen and oxygen atoms in total. The fourth-order valence-electron chi connectivity index (χ4n) is 3.27. The quantitative estimate of drug-likeness (QED) is 0.367. The van der Waals surface area contributed by atoms with E-state index in [1.165, 1.54) is 6.07 Å². The lowest BCUT2D eigenvalue weighted by molar-refractivity contribution is 0.521. The van der Waals surface area contributed by atoms with Crippen LogP contribution in [0.3, 0.4) is 0 Å². The number of halogens is 2. The first-order valence-electron chi connectivity index (χ1n) is 8.56. The van der Waals surface area contributed by atoms with E-state index in [2.05, 4.69) is 19.9 Å². The van der Waals surface area contributed by atoms with E-state index in [4.69, 9.17) is 11.6 Å². The molecule has 0 bridgehead atoms. The second-order valence-electron chi connectivity index (χ2n) is 6.32. The molecule has 2 N–H and O–H groups in total. The van der Waals surface area contributed by atoms with Crippen LogP contribution in [0.15, 0.2) is 42.7 Å². The van der Waals surface area contributed by atoms with E-state index >= 15 is 0 Å². The number of pyridine rings is 1. The molecule has 0 spiro atoms. The van der Waals surface area contributed by atoms with E-state index in [1.54, 1.807) is 18.5 Å². The number of aromatic amines is 1. The molecule has 0 radical (unpaired) electrons. The van der Waals surface area contributed by atoms with Crippen LogP contribution in [0.2, 0.25) is 5.02 Å².